The van der Waals surface area contributed by atoms with Crippen molar-refractivity contribution >= 4 is 14.1 Å². The molecule has 0 saturated carbocycles. The number of ether oxygens (including phenoxy) is 6. The van der Waals surface area contributed by atoms with Gasteiger partial charge in [-0.25, -0.2) is 0 Å². The summed E-state index contributed by atoms with van der Waals surface area (Å²) in [7, 11) is 1.25. The number of hydrogen-bond acceptors (Lipinski definition) is 8. The molecule has 6 atom stereocenters. The zero-order valence-electron chi connectivity index (χ0n) is 24.3. The molecule has 0 aliphatic carbocycles. The van der Waals surface area contributed by atoms with Crippen molar-refractivity contribution in [1.82, 2.24) is 0 Å². The minimum Gasteiger partial charge on any atom is -0.414 e. The molecular weight excluding hydrogens is 480 g/mol. The molecule has 212 valence electrons. The molecule has 0 N–H and O–H groups in total. The van der Waals surface area contributed by atoms with Gasteiger partial charge in [-0.2, -0.15) is 0 Å². The van der Waals surface area contributed by atoms with Crippen molar-refractivity contribution in [1.29, 1.82) is 0 Å². The Hall–Kier alpha value is -0.653. The molecule has 0 aromatic carbocycles. The maximum Gasteiger partial charge on any atom is 0.192 e. The summed E-state index contributed by atoms with van der Waals surface area (Å²) in [6.45, 7) is 17.3. The second-order valence-corrected chi connectivity index (χ2v) is 16.1. The van der Waals surface area contributed by atoms with Gasteiger partial charge in [-0.05, 0) is 58.2 Å². The quantitative estimate of drug-likeness (QED) is 0.136. The first-order valence-electron chi connectivity index (χ1n) is 13.1. The van der Waals surface area contributed by atoms with Crippen molar-refractivity contribution in [3.05, 3.63) is 12.2 Å². The molecule has 0 unspecified atom stereocenters. The van der Waals surface area contributed by atoms with E-state index in [4.69, 9.17) is 32.8 Å². The molecule has 1 aliphatic rings. The van der Waals surface area contributed by atoms with Crippen LogP contribution in [0, 0.1) is 0 Å². The van der Waals surface area contributed by atoms with E-state index in [1.54, 1.807) is 21.1 Å². The Kier molecular flexibility index (Phi) is 15.1. The van der Waals surface area contributed by atoms with Crippen molar-refractivity contribution in [3.63, 3.8) is 0 Å². The van der Waals surface area contributed by atoms with Crippen molar-refractivity contribution in [2.75, 3.05) is 27.8 Å². The van der Waals surface area contributed by atoms with Crippen LogP contribution in [0.15, 0.2) is 12.2 Å². The van der Waals surface area contributed by atoms with Gasteiger partial charge in [-0.15, -0.1) is 0 Å². The van der Waals surface area contributed by atoms with E-state index in [9.17, 15) is 4.79 Å². The molecule has 0 amide bonds. The Bertz CT molecular complexity index is 648. The van der Waals surface area contributed by atoms with Crippen LogP contribution in [0.1, 0.15) is 73.6 Å². The highest BCUT2D eigenvalue weighted by atomic mass is 28.4. The normalized spacial score (nSPS) is 24.1. The molecule has 0 radical (unpaired) electrons. The van der Waals surface area contributed by atoms with Gasteiger partial charge in [0.2, 0.25) is 0 Å². The Morgan fingerprint density at radius 3 is 2.28 bits per heavy atom. The highest BCUT2D eigenvalue weighted by molar-refractivity contribution is 6.74. The van der Waals surface area contributed by atoms with Crippen LogP contribution >= 0.6 is 0 Å². The summed E-state index contributed by atoms with van der Waals surface area (Å²) in [5, 5.41) is 0.0954. The average molecular weight is 533 g/mol. The van der Waals surface area contributed by atoms with Crippen LogP contribution in [0.3, 0.4) is 0 Å². The number of carbonyl (C=O) groups excluding carboxylic acids is 1. The number of ketones is 1. The van der Waals surface area contributed by atoms with E-state index >= 15 is 0 Å². The van der Waals surface area contributed by atoms with Gasteiger partial charge < -0.3 is 32.8 Å². The first-order chi connectivity index (χ1) is 16.8. The van der Waals surface area contributed by atoms with E-state index in [-0.39, 0.29) is 61.2 Å². The van der Waals surface area contributed by atoms with Gasteiger partial charge in [0, 0.05) is 33.2 Å². The first-order valence-corrected chi connectivity index (χ1v) is 16.0. The minimum absolute atomic E-state index is 0.00586. The monoisotopic (exact) mass is 532 g/mol. The standard InChI is InChI=1S/C27H52O8Si/c1-20(28)14-25-17-24(33-22(3)34-25)13-11-12-23(32-19-30-8)16-26(15-21(2)31-18-29-7)35-36(9,10)27(4,5)6/h11,13,21-26H,12,14-19H2,1-10H3/b13-11+/t21-,22-,23+,24-,25+,26+/m1/s1. The Morgan fingerprint density at radius 1 is 1.06 bits per heavy atom. The summed E-state index contributed by atoms with van der Waals surface area (Å²) in [5.41, 5.74) is 0. The summed E-state index contributed by atoms with van der Waals surface area (Å²) in [4.78, 5) is 11.5. The molecule has 1 aliphatic heterocycles. The lowest BCUT2D eigenvalue weighted by Crippen LogP contribution is -2.45. The van der Waals surface area contributed by atoms with Gasteiger partial charge >= 0.3 is 0 Å². The van der Waals surface area contributed by atoms with Crippen molar-refractivity contribution < 1.29 is 37.6 Å². The molecule has 36 heavy (non-hydrogen) atoms. The van der Waals surface area contributed by atoms with Gasteiger partial charge in [0.25, 0.3) is 0 Å². The Labute approximate surface area is 220 Å². The largest absolute Gasteiger partial charge is 0.414 e. The smallest absolute Gasteiger partial charge is 0.192 e. The predicted octanol–water partition coefficient (Wildman–Crippen LogP) is 5.60. The van der Waals surface area contributed by atoms with Crippen LogP contribution in [-0.4, -0.2) is 78.7 Å². The number of methoxy groups -OCH3 is 2. The van der Waals surface area contributed by atoms with Crippen LogP contribution in [-0.2, 0) is 37.6 Å². The third kappa shape index (κ3) is 13.2. The molecule has 1 fully saturated rings. The van der Waals surface area contributed by atoms with E-state index in [1.807, 2.05) is 13.8 Å². The molecule has 0 spiro atoms. The number of rotatable bonds is 17. The van der Waals surface area contributed by atoms with Crippen LogP contribution in [0.4, 0.5) is 0 Å². The minimum atomic E-state index is -2.00. The molecule has 0 aromatic heterocycles. The molecule has 8 nitrogen and oxygen atoms in total. The lowest BCUT2D eigenvalue weighted by molar-refractivity contribution is -0.222. The van der Waals surface area contributed by atoms with Crippen molar-refractivity contribution in [2.45, 2.75) is 129 Å². The third-order valence-corrected chi connectivity index (χ3v) is 11.3. The fourth-order valence-corrected chi connectivity index (χ4v) is 5.36. The molecule has 1 rings (SSSR count). The number of carbonyl (C=O) groups is 1. The SMILES string of the molecule is COCO[C@@H](C/C=C/[C@@H]1C[C@H](CC(C)=O)O[C@H](C)O1)C[C@H](C[C@@H](C)OCOC)O[Si](C)(C)C(C)(C)C. The maximum absolute atomic E-state index is 11.5. The Balaban J connectivity index is 2.90. The van der Waals surface area contributed by atoms with Gasteiger partial charge in [0.05, 0.1) is 24.4 Å². The molecule has 1 saturated heterocycles. The number of hydrogen-bond donors (Lipinski definition) is 0. The van der Waals surface area contributed by atoms with Gasteiger partial charge in [-0.3, -0.25) is 4.79 Å². The molecule has 0 aromatic rings. The van der Waals surface area contributed by atoms with E-state index in [0.717, 1.165) is 12.8 Å². The highest BCUT2D eigenvalue weighted by Gasteiger charge is 2.40. The topological polar surface area (TPSA) is 81.7 Å². The molecule has 0 bridgehead atoms. The molecular formula is C27H52O8Si. The number of Topliss-reactive ketones (excluding diaryl/α,β-unsaturated/α-hetero) is 1. The third-order valence-electron chi connectivity index (χ3n) is 6.79. The van der Waals surface area contributed by atoms with Crippen LogP contribution in [0.25, 0.3) is 0 Å². The van der Waals surface area contributed by atoms with Crippen LogP contribution in [0.2, 0.25) is 18.1 Å². The van der Waals surface area contributed by atoms with E-state index < -0.39 is 8.32 Å². The van der Waals surface area contributed by atoms with Gasteiger partial charge in [-0.1, -0.05) is 32.9 Å². The summed E-state index contributed by atoms with van der Waals surface area (Å²) in [5.74, 6) is 0.126. The Morgan fingerprint density at radius 2 is 1.69 bits per heavy atom. The summed E-state index contributed by atoms with van der Waals surface area (Å²) >= 11 is 0. The van der Waals surface area contributed by atoms with E-state index in [1.165, 1.54) is 0 Å². The molecule has 9 heteroatoms. The maximum atomic E-state index is 11.5. The predicted molar refractivity (Wildman–Crippen MR) is 143 cm³/mol. The molecule has 1 heterocycles. The second kappa shape index (κ2) is 16.3. The summed E-state index contributed by atoms with van der Waals surface area (Å²) < 4.78 is 40.6. The zero-order chi connectivity index (χ0) is 27.4. The highest BCUT2D eigenvalue weighted by Crippen LogP contribution is 2.38. The lowest BCUT2D eigenvalue weighted by atomic mass is 10.0. The van der Waals surface area contributed by atoms with Gasteiger partial charge in [0.1, 0.15) is 19.4 Å². The van der Waals surface area contributed by atoms with E-state index in [0.29, 0.717) is 19.3 Å². The lowest BCUT2D eigenvalue weighted by Gasteiger charge is -2.40. The fraction of sp³-hybridized carbons (Fsp3) is 0.889. The first kappa shape index (κ1) is 33.4. The summed E-state index contributed by atoms with van der Waals surface area (Å²) in [6.07, 6.45) is 6.74. The van der Waals surface area contributed by atoms with E-state index in [2.05, 4.69) is 46.0 Å². The van der Waals surface area contributed by atoms with Gasteiger partial charge in [0.15, 0.2) is 14.6 Å². The zero-order valence-corrected chi connectivity index (χ0v) is 25.3. The fourth-order valence-electron chi connectivity index (χ4n) is 3.98. The average Bonchev–Trinajstić information content (AvgIpc) is 2.73. The summed E-state index contributed by atoms with van der Waals surface area (Å²) in [6, 6.07) is 0. The van der Waals surface area contributed by atoms with Crippen molar-refractivity contribution in [2.24, 2.45) is 0 Å². The van der Waals surface area contributed by atoms with Crippen LogP contribution in [0.5, 0.6) is 0 Å². The van der Waals surface area contributed by atoms with Crippen molar-refractivity contribution in [3.8, 4) is 0 Å². The van der Waals surface area contributed by atoms with Crippen LogP contribution < -0.4 is 0 Å². The second-order valence-electron chi connectivity index (χ2n) is 11.4.